The van der Waals surface area contributed by atoms with Gasteiger partial charge in [0.05, 0.1) is 61.6 Å². The number of carbonyl (C=O) groups is 10. The minimum Gasteiger partial charge on any atom is -0.481 e. The molecule has 11 N–H and O–H groups in total. The number of Topliss-reactive ketones (excluding diaryl/α,β-unsaturated/α-hetero) is 3. The highest BCUT2D eigenvalue weighted by molar-refractivity contribution is 5.98. The Kier molecular flexibility index (Phi) is 18.8. The van der Waals surface area contributed by atoms with Crippen molar-refractivity contribution < 1.29 is 68.4 Å². The molecule has 0 fully saturated rings. The van der Waals surface area contributed by atoms with E-state index in [2.05, 4.69) is 47.8 Å². The van der Waals surface area contributed by atoms with Crippen LogP contribution < -0.4 is 32.6 Å². The highest BCUT2D eigenvalue weighted by Crippen LogP contribution is 2.18. The average molecular weight is 894 g/mol. The molecule has 0 aliphatic rings. The Morgan fingerprint density at radius 2 is 1.36 bits per heavy atom. The summed E-state index contributed by atoms with van der Waals surface area (Å²) in [6.07, 6.45) is -3.01. The number of carbonyl (C=O) groups excluding carboxylic acids is 6. The summed E-state index contributed by atoms with van der Waals surface area (Å²) in [5.74, 6) is -14.6. The molecule has 5 atom stereocenters. The summed E-state index contributed by atoms with van der Waals surface area (Å²) in [7, 11) is 0. The van der Waals surface area contributed by atoms with Crippen molar-refractivity contribution in [2.45, 2.75) is 89.4 Å². The van der Waals surface area contributed by atoms with Gasteiger partial charge < -0.3 is 47.4 Å². The summed E-state index contributed by atoms with van der Waals surface area (Å²) >= 11 is 0. The molecule has 0 saturated heterocycles. The van der Waals surface area contributed by atoms with E-state index in [9.17, 15) is 68.1 Å². The zero-order valence-electron chi connectivity index (χ0n) is 34.3. The lowest BCUT2D eigenvalue weighted by Crippen LogP contribution is -2.48. The first kappa shape index (κ1) is 50.4. The summed E-state index contributed by atoms with van der Waals surface area (Å²) in [5, 5.41) is 47.7. The second kappa shape index (κ2) is 23.9. The summed E-state index contributed by atoms with van der Waals surface area (Å²) in [6, 6.07) is 1.21. The van der Waals surface area contributed by atoms with Crippen molar-refractivity contribution in [3.05, 3.63) is 64.7 Å². The quantitative estimate of drug-likeness (QED) is 0.0428. The molecule has 3 aromatic rings. The van der Waals surface area contributed by atoms with Gasteiger partial charge >= 0.3 is 23.9 Å². The predicted octanol–water partition coefficient (Wildman–Crippen LogP) is -0.0297. The molecular weight excluding hydrogens is 846 g/mol. The molecule has 64 heavy (non-hydrogen) atoms. The Balaban J connectivity index is 1.62. The number of hydrogen-bond acceptors (Lipinski definition) is 16. The van der Waals surface area contributed by atoms with Crippen LogP contribution in [0.25, 0.3) is 11.2 Å². The molecule has 0 unspecified atom stereocenters. The monoisotopic (exact) mass is 893 g/mol. The van der Waals surface area contributed by atoms with E-state index in [0.717, 1.165) is 0 Å². The predicted molar refractivity (Wildman–Crippen MR) is 221 cm³/mol. The molecular formula is C40H47N9O15. The van der Waals surface area contributed by atoms with Crippen LogP contribution in [0.4, 0.5) is 11.6 Å². The van der Waals surface area contributed by atoms with E-state index in [1.54, 1.807) is 0 Å². The van der Waals surface area contributed by atoms with Crippen LogP contribution in [0.2, 0.25) is 0 Å². The number of ketones is 3. The molecule has 2 heterocycles. The van der Waals surface area contributed by atoms with E-state index in [1.807, 2.05) is 0 Å². The highest BCUT2D eigenvalue weighted by atomic mass is 16.4. The third-order valence-electron chi connectivity index (χ3n) is 9.47. The topological polar surface area (TPSA) is 397 Å². The molecule has 24 heteroatoms. The Labute approximate surface area is 362 Å². The van der Waals surface area contributed by atoms with Crippen LogP contribution in [-0.4, -0.2) is 117 Å². The van der Waals surface area contributed by atoms with Crippen molar-refractivity contribution in [3.63, 3.8) is 0 Å². The number of aromatic nitrogens is 4. The number of nitrogens with two attached hydrogens (primary N) is 1. The molecule has 0 bridgehead atoms. The number of aliphatic carboxylic acids is 4. The Morgan fingerprint density at radius 3 is 1.92 bits per heavy atom. The second-order valence-electron chi connectivity index (χ2n) is 14.4. The van der Waals surface area contributed by atoms with Gasteiger partial charge in [-0.3, -0.25) is 52.9 Å². The first-order valence-corrected chi connectivity index (χ1v) is 19.5. The number of fused-ring (bicyclic) bond motifs is 1. The first-order valence-electron chi connectivity index (χ1n) is 19.5. The van der Waals surface area contributed by atoms with Gasteiger partial charge in [-0.25, -0.2) is 14.8 Å². The molecule has 0 aliphatic carbocycles. The van der Waals surface area contributed by atoms with Crippen LogP contribution in [-0.2, 0) is 49.7 Å². The maximum atomic E-state index is 13.4. The number of nitrogen functional groups attached to an aromatic ring is 1. The number of rotatable bonds is 28. The summed E-state index contributed by atoms with van der Waals surface area (Å²) < 4.78 is 0. The van der Waals surface area contributed by atoms with Gasteiger partial charge in [-0.2, -0.15) is 4.98 Å². The average Bonchev–Trinajstić information content (AvgIpc) is 3.22. The normalized spacial score (nSPS) is 13.2. The zero-order valence-corrected chi connectivity index (χ0v) is 34.3. The fourth-order valence-corrected chi connectivity index (χ4v) is 6.17. The van der Waals surface area contributed by atoms with Crippen LogP contribution >= 0.6 is 0 Å². The largest absolute Gasteiger partial charge is 0.481 e. The van der Waals surface area contributed by atoms with Gasteiger partial charge in [0.15, 0.2) is 22.7 Å². The molecule has 0 saturated carbocycles. The van der Waals surface area contributed by atoms with Crippen molar-refractivity contribution in [2.24, 2.45) is 11.8 Å². The van der Waals surface area contributed by atoms with E-state index < -0.39 is 139 Å². The SMILES string of the molecule is C=CC[C@H](NC(=O)[C@H](CC(=O)O)CC(=O)CC[C@H](NC(=O)c1ccc(NCc2cnc3nc(N)[nH]c(=O)c3n2)cc1)C(=O)O)C(=O)C[C@@H](CC(=O)O)C(=O)N[C@@H](CC(=O)O)C(=O)CC. The number of amides is 3. The molecule has 0 spiro atoms. The van der Waals surface area contributed by atoms with Crippen molar-refractivity contribution >= 4 is 81.7 Å². The van der Waals surface area contributed by atoms with E-state index >= 15 is 0 Å². The fourth-order valence-electron chi connectivity index (χ4n) is 6.17. The van der Waals surface area contributed by atoms with Gasteiger partial charge in [-0.1, -0.05) is 13.0 Å². The van der Waals surface area contributed by atoms with Crippen molar-refractivity contribution in [3.8, 4) is 0 Å². The highest BCUT2D eigenvalue weighted by Gasteiger charge is 2.34. The molecule has 342 valence electrons. The van der Waals surface area contributed by atoms with E-state index in [0.29, 0.717) is 11.4 Å². The van der Waals surface area contributed by atoms with Crippen molar-refractivity contribution in [1.29, 1.82) is 0 Å². The van der Waals surface area contributed by atoms with Crippen LogP contribution in [0.3, 0.4) is 0 Å². The van der Waals surface area contributed by atoms with Gasteiger partial charge in [-0.15, -0.1) is 6.58 Å². The number of hydrogen-bond donors (Lipinski definition) is 10. The van der Waals surface area contributed by atoms with Crippen LogP contribution in [0.15, 0.2) is 47.9 Å². The van der Waals surface area contributed by atoms with Crippen molar-refractivity contribution in [2.75, 3.05) is 11.1 Å². The summed E-state index contributed by atoms with van der Waals surface area (Å²) in [5.41, 5.74) is 5.94. The minimum atomic E-state index is -1.62. The number of H-pyrrole nitrogens is 1. The van der Waals surface area contributed by atoms with Crippen molar-refractivity contribution in [1.82, 2.24) is 35.9 Å². The Hall–Kier alpha value is -7.92. The maximum Gasteiger partial charge on any atom is 0.326 e. The standard InChI is InChI=1S/C40H47N9O15/c1-3-5-25(29(52)13-21(15-31(55)56)37(61)47-27(16-32(57)58)28(51)4-2)45-36(60)20(14-30(53)54)12-24(50)10-11-26(39(63)64)46-35(59)19-6-8-22(9-7-19)42-17-23-18-43-34-33(44-23)38(62)49-40(41)48-34/h3,6-9,18,20-21,25-27,42H,1,4-5,10-17H2,2H3,(H,45,60)(H,46,59)(H,47,61)(H,53,54)(H,55,56)(H,57,58)(H,63,64)(H3,41,43,48,49,62)/t20-,21-,25-,26-,27-/m0/s1. The smallest absolute Gasteiger partial charge is 0.326 e. The molecule has 3 rings (SSSR count). The number of nitrogens with one attached hydrogen (secondary N) is 5. The zero-order chi connectivity index (χ0) is 47.7. The van der Waals surface area contributed by atoms with Gasteiger partial charge in [0, 0.05) is 36.9 Å². The molecule has 2 aromatic heterocycles. The fraction of sp³-hybridized carbons (Fsp3) is 0.400. The number of carboxylic acid groups (broad SMARTS) is 4. The molecule has 0 aliphatic heterocycles. The minimum absolute atomic E-state index is 0.0188. The van der Waals surface area contributed by atoms with E-state index in [-0.39, 0.29) is 42.1 Å². The van der Waals surface area contributed by atoms with Gasteiger partial charge in [0.2, 0.25) is 17.8 Å². The molecule has 1 aromatic carbocycles. The molecule has 3 amide bonds. The second-order valence-corrected chi connectivity index (χ2v) is 14.4. The Bertz CT molecular complexity index is 2350. The molecule has 0 radical (unpaired) electrons. The third kappa shape index (κ3) is 15.8. The van der Waals surface area contributed by atoms with Crippen LogP contribution in [0, 0.1) is 11.8 Å². The van der Waals surface area contributed by atoms with Gasteiger partial charge in [0.1, 0.15) is 11.8 Å². The maximum absolute atomic E-state index is 13.4. The number of anilines is 2. The van der Waals surface area contributed by atoms with Gasteiger partial charge in [0.25, 0.3) is 11.5 Å². The van der Waals surface area contributed by atoms with Crippen LogP contribution in [0.5, 0.6) is 0 Å². The molecule has 24 nitrogen and oxygen atoms in total. The first-order chi connectivity index (χ1) is 30.2. The van der Waals surface area contributed by atoms with E-state index in [4.69, 9.17) is 10.8 Å². The summed E-state index contributed by atoms with van der Waals surface area (Å²) in [6.45, 7) is 5.04. The Morgan fingerprint density at radius 1 is 0.766 bits per heavy atom. The van der Waals surface area contributed by atoms with Gasteiger partial charge in [-0.05, 0) is 37.1 Å². The number of benzene rings is 1. The lowest BCUT2D eigenvalue weighted by molar-refractivity contribution is -0.144. The lowest BCUT2D eigenvalue weighted by Gasteiger charge is -2.23. The number of aromatic amines is 1. The van der Waals surface area contributed by atoms with Crippen LogP contribution in [0.1, 0.15) is 80.8 Å². The van der Waals surface area contributed by atoms with E-state index in [1.165, 1.54) is 43.5 Å². The lowest BCUT2D eigenvalue weighted by atomic mass is 9.91. The third-order valence-corrected chi connectivity index (χ3v) is 9.47. The summed E-state index contributed by atoms with van der Waals surface area (Å²) in [4.78, 5) is 151. The number of nitrogens with zero attached hydrogens (tertiary/aromatic N) is 3. The number of carboxylic acids is 4.